The number of aryl methyl sites for hydroxylation is 1. The minimum Gasteiger partial charge on any atom is -0.477 e. The summed E-state index contributed by atoms with van der Waals surface area (Å²) in [7, 11) is 1.73. The molecule has 100 valence electrons. The van der Waals surface area contributed by atoms with Crippen LogP contribution in [0.4, 0.5) is 0 Å². The molecule has 0 aliphatic carbocycles. The summed E-state index contributed by atoms with van der Waals surface area (Å²) in [5.41, 5.74) is 1.66. The normalized spacial score (nSPS) is 10.4. The molecule has 1 aromatic heterocycles. The SMILES string of the molecule is CSCCN(C)C(=O)c1c(C)[nH]c(C(=O)O)c1C. The molecule has 1 rings (SSSR count). The van der Waals surface area contributed by atoms with Crippen molar-refractivity contribution in [3.05, 3.63) is 22.5 Å². The summed E-state index contributed by atoms with van der Waals surface area (Å²) in [5, 5.41) is 9.01. The van der Waals surface area contributed by atoms with Crippen molar-refractivity contribution < 1.29 is 14.7 Å². The molecule has 0 aromatic carbocycles. The Morgan fingerprint density at radius 3 is 2.44 bits per heavy atom. The number of hydrogen-bond donors (Lipinski definition) is 2. The third kappa shape index (κ3) is 2.87. The van der Waals surface area contributed by atoms with Gasteiger partial charge in [0.2, 0.25) is 0 Å². The summed E-state index contributed by atoms with van der Waals surface area (Å²) >= 11 is 1.67. The van der Waals surface area contributed by atoms with Crippen molar-refractivity contribution in [3.8, 4) is 0 Å². The van der Waals surface area contributed by atoms with Crippen molar-refractivity contribution in [3.63, 3.8) is 0 Å². The smallest absolute Gasteiger partial charge is 0.352 e. The molecule has 0 fully saturated rings. The molecular formula is C12H18N2O3S. The van der Waals surface area contributed by atoms with Crippen LogP contribution in [0.1, 0.15) is 32.1 Å². The lowest BCUT2D eigenvalue weighted by Gasteiger charge is -2.17. The van der Waals surface area contributed by atoms with Crippen LogP contribution >= 0.6 is 11.8 Å². The summed E-state index contributed by atoms with van der Waals surface area (Å²) in [6.07, 6.45) is 1.98. The number of amides is 1. The van der Waals surface area contributed by atoms with Gasteiger partial charge in [-0.25, -0.2) is 4.79 Å². The molecular weight excluding hydrogens is 252 g/mol. The molecule has 0 saturated carbocycles. The first-order valence-electron chi connectivity index (χ1n) is 5.57. The number of carboxylic acids is 1. The van der Waals surface area contributed by atoms with E-state index in [-0.39, 0.29) is 11.6 Å². The van der Waals surface area contributed by atoms with E-state index >= 15 is 0 Å². The zero-order chi connectivity index (χ0) is 13.9. The molecule has 2 N–H and O–H groups in total. The number of rotatable bonds is 5. The van der Waals surface area contributed by atoms with Crippen LogP contribution in [0, 0.1) is 13.8 Å². The fourth-order valence-corrected chi connectivity index (χ4v) is 2.26. The topological polar surface area (TPSA) is 73.4 Å². The van der Waals surface area contributed by atoms with E-state index in [1.807, 2.05) is 6.26 Å². The molecule has 18 heavy (non-hydrogen) atoms. The zero-order valence-corrected chi connectivity index (χ0v) is 11.8. The van der Waals surface area contributed by atoms with Crippen molar-refractivity contribution in [2.24, 2.45) is 0 Å². The van der Waals surface area contributed by atoms with Crippen LogP contribution in [0.5, 0.6) is 0 Å². The fourth-order valence-electron chi connectivity index (χ4n) is 1.81. The van der Waals surface area contributed by atoms with Gasteiger partial charge in [0.15, 0.2) is 0 Å². The Bertz CT molecular complexity index is 468. The van der Waals surface area contributed by atoms with Gasteiger partial charge in [-0.3, -0.25) is 4.79 Å². The monoisotopic (exact) mass is 270 g/mol. The van der Waals surface area contributed by atoms with Gasteiger partial charge in [0.25, 0.3) is 5.91 Å². The fraction of sp³-hybridized carbons (Fsp3) is 0.500. The maximum Gasteiger partial charge on any atom is 0.352 e. The van der Waals surface area contributed by atoms with Crippen LogP contribution in [0.15, 0.2) is 0 Å². The van der Waals surface area contributed by atoms with Crippen LogP contribution < -0.4 is 0 Å². The van der Waals surface area contributed by atoms with Crippen molar-refractivity contribution in [1.29, 1.82) is 0 Å². The number of aromatic amines is 1. The molecule has 0 unspecified atom stereocenters. The van der Waals surface area contributed by atoms with Crippen molar-refractivity contribution in [2.45, 2.75) is 13.8 Å². The van der Waals surface area contributed by atoms with Crippen molar-refractivity contribution in [1.82, 2.24) is 9.88 Å². The number of aromatic nitrogens is 1. The second-order valence-electron chi connectivity index (χ2n) is 4.15. The third-order valence-electron chi connectivity index (χ3n) is 2.84. The lowest BCUT2D eigenvalue weighted by molar-refractivity contribution is 0.0690. The van der Waals surface area contributed by atoms with E-state index in [4.69, 9.17) is 5.11 Å². The molecule has 5 nitrogen and oxygen atoms in total. The van der Waals surface area contributed by atoms with E-state index in [0.717, 1.165) is 5.75 Å². The van der Waals surface area contributed by atoms with Crippen LogP contribution in [-0.4, -0.2) is 52.5 Å². The van der Waals surface area contributed by atoms with Crippen molar-refractivity contribution >= 4 is 23.6 Å². The molecule has 0 atom stereocenters. The number of nitrogens with zero attached hydrogens (tertiary/aromatic N) is 1. The highest BCUT2D eigenvalue weighted by Crippen LogP contribution is 2.19. The van der Waals surface area contributed by atoms with Crippen molar-refractivity contribution in [2.75, 3.05) is 25.6 Å². The predicted octanol–water partition coefficient (Wildman–Crippen LogP) is 1.76. The van der Waals surface area contributed by atoms with E-state index in [9.17, 15) is 9.59 Å². The predicted molar refractivity (Wildman–Crippen MR) is 72.6 cm³/mol. The summed E-state index contributed by atoms with van der Waals surface area (Å²) in [6.45, 7) is 4.02. The number of thioether (sulfide) groups is 1. The van der Waals surface area contributed by atoms with Gasteiger partial charge >= 0.3 is 5.97 Å². The Balaban J connectivity index is 3.02. The number of carbonyl (C=O) groups excluding carboxylic acids is 1. The molecule has 1 aromatic rings. The number of nitrogens with one attached hydrogen (secondary N) is 1. The van der Waals surface area contributed by atoms with Gasteiger partial charge in [0, 0.05) is 25.0 Å². The summed E-state index contributed by atoms with van der Waals surface area (Å²) < 4.78 is 0. The molecule has 1 amide bonds. The Hall–Kier alpha value is -1.43. The highest BCUT2D eigenvalue weighted by atomic mass is 32.2. The van der Waals surface area contributed by atoms with E-state index in [1.54, 1.807) is 37.6 Å². The highest BCUT2D eigenvalue weighted by molar-refractivity contribution is 7.98. The van der Waals surface area contributed by atoms with Crippen LogP contribution in [0.3, 0.4) is 0 Å². The van der Waals surface area contributed by atoms with Gasteiger partial charge in [0.1, 0.15) is 5.69 Å². The molecule has 0 radical (unpaired) electrons. The van der Waals surface area contributed by atoms with Gasteiger partial charge in [-0.1, -0.05) is 0 Å². The summed E-state index contributed by atoms with van der Waals surface area (Å²) in [5.74, 6) is -0.319. The van der Waals surface area contributed by atoms with Crippen LogP contribution in [0.25, 0.3) is 0 Å². The maximum absolute atomic E-state index is 12.2. The number of hydrogen-bond acceptors (Lipinski definition) is 3. The molecule has 0 spiro atoms. The third-order valence-corrected chi connectivity index (χ3v) is 3.43. The summed E-state index contributed by atoms with van der Waals surface area (Å²) in [6, 6.07) is 0. The lowest BCUT2D eigenvalue weighted by atomic mass is 10.1. The molecule has 1 heterocycles. The number of carboxylic acid groups (broad SMARTS) is 1. The molecule has 0 aliphatic rings. The first-order chi connectivity index (χ1) is 8.40. The Morgan fingerprint density at radius 2 is 2.00 bits per heavy atom. The van der Waals surface area contributed by atoms with E-state index in [0.29, 0.717) is 23.4 Å². The van der Waals surface area contributed by atoms with Gasteiger partial charge in [-0.05, 0) is 25.7 Å². The maximum atomic E-state index is 12.2. The van der Waals surface area contributed by atoms with Gasteiger partial charge in [0.05, 0.1) is 5.56 Å². The average Bonchev–Trinajstić information content (AvgIpc) is 2.61. The second kappa shape index (κ2) is 5.95. The zero-order valence-electron chi connectivity index (χ0n) is 11.0. The minimum atomic E-state index is -1.04. The quantitative estimate of drug-likeness (QED) is 0.855. The largest absolute Gasteiger partial charge is 0.477 e. The van der Waals surface area contributed by atoms with Crippen LogP contribution in [-0.2, 0) is 0 Å². The molecule has 0 bridgehead atoms. The lowest BCUT2D eigenvalue weighted by Crippen LogP contribution is -2.29. The average molecular weight is 270 g/mol. The number of H-pyrrole nitrogens is 1. The highest BCUT2D eigenvalue weighted by Gasteiger charge is 2.23. The minimum absolute atomic E-state index is 0.0918. The first kappa shape index (κ1) is 14.6. The first-order valence-corrected chi connectivity index (χ1v) is 6.96. The molecule has 0 aliphatic heterocycles. The second-order valence-corrected chi connectivity index (χ2v) is 5.14. The van der Waals surface area contributed by atoms with E-state index < -0.39 is 5.97 Å². The Kier molecular flexibility index (Phi) is 4.84. The van der Waals surface area contributed by atoms with Gasteiger partial charge < -0.3 is 15.0 Å². The van der Waals surface area contributed by atoms with Crippen LogP contribution in [0.2, 0.25) is 0 Å². The van der Waals surface area contributed by atoms with E-state index in [2.05, 4.69) is 4.98 Å². The number of carbonyl (C=O) groups is 2. The standard InChI is InChI=1S/C12H18N2O3S/c1-7-9(8(2)13-10(7)12(16)17)11(15)14(3)5-6-18-4/h13H,5-6H2,1-4H3,(H,16,17). The summed E-state index contributed by atoms with van der Waals surface area (Å²) in [4.78, 5) is 27.6. The van der Waals surface area contributed by atoms with Gasteiger partial charge in [-0.2, -0.15) is 11.8 Å². The molecule has 6 heteroatoms. The Morgan fingerprint density at radius 1 is 1.39 bits per heavy atom. The Labute approximate surface area is 111 Å². The molecule has 0 saturated heterocycles. The van der Waals surface area contributed by atoms with E-state index in [1.165, 1.54) is 0 Å². The van der Waals surface area contributed by atoms with Gasteiger partial charge in [-0.15, -0.1) is 0 Å². The number of aromatic carboxylic acids is 1.